The van der Waals surface area contributed by atoms with Crippen molar-refractivity contribution in [2.75, 3.05) is 5.32 Å². The summed E-state index contributed by atoms with van der Waals surface area (Å²) in [5.41, 5.74) is 0.141. The van der Waals surface area contributed by atoms with Crippen molar-refractivity contribution in [1.29, 1.82) is 0 Å². The van der Waals surface area contributed by atoms with Crippen LogP contribution in [-0.2, 0) is 4.79 Å². The van der Waals surface area contributed by atoms with Gasteiger partial charge in [-0.2, -0.15) is 0 Å². The molecule has 1 aromatic carbocycles. The molecule has 0 bridgehead atoms. The van der Waals surface area contributed by atoms with Crippen LogP contribution in [0.15, 0.2) is 18.2 Å². The van der Waals surface area contributed by atoms with Crippen LogP contribution in [0.25, 0.3) is 0 Å². The lowest BCUT2D eigenvalue weighted by Crippen LogP contribution is -2.32. The minimum absolute atomic E-state index is 0.0277. The standard InChI is InChI=1S/C9H8ClN3O3S/c1-5(14)11-9(17)12-8-4-6(13(15)16)2-3-7(8)10/h2-4H,1H3,(H2,11,12,14,17). The molecule has 0 unspecified atom stereocenters. The fraction of sp³-hybridized carbons (Fsp3) is 0.111. The number of nitro groups is 1. The second-order valence-electron chi connectivity index (χ2n) is 3.06. The third-order valence-corrected chi connectivity index (χ3v) is 2.23. The molecule has 0 heterocycles. The van der Waals surface area contributed by atoms with E-state index in [-0.39, 0.29) is 27.4 Å². The van der Waals surface area contributed by atoms with Crippen molar-refractivity contribution in [3.05, 3.63) is 33.3 Å². The molecule has 0 saturated heterocycles. The zero-order chi connectivity index (χ0) is 13.0. The number of nitrogens with one attached hydrogen (secondary N) is 2. The quantitative estimate of drug-likeness (QED) is 0.490. The maximum atomic E-state index is 10.7. The molecule has 0 spiro atoms. The fourth-order valence-corrected chi connectivity index (χ4v) is 1.45. The Balaban J connectivity index is 2.90. The summed E-state index contributed by atoms with van der Waals surface area (Å²) in [6.45, 7) is 1.29. The molecule has 1 amide bonds. The number of rotatable bonds is 2. The average Bonchev–Trinajstić information content (AvgIpc) is 2.19. The molecule has 2 N–H and O–H groups in total. The Morgan fingerprint density at radius 3 is 2.71 bits per heavy atom. The Hall–Kier alpha value is -1.73. The van der Waals surface area contributed by atoms with E-state index in [0.29, 0.717) is 0 Å². The van der Waals surface area contributed by atoms with Crippen LogP contribution in [-0.4, -0.2) is 15.9 Å². The van der Waals surface area contributed by atoms with Crippen molar-refractivity contribution in [2.45, 2.75) is 6.92 Å². The predicted octanol–water partition coefficient (Wildman–Crippen LogP) is 2.08. The van der Waals surface area contributed by atoms with E-state index >= 15 is 0 Å². The molecule has 17 heavy (non-hydrogen) atoms. The van der Waals surface area contributed by atoms with Crippen molar-refractivity contribution in [3.8, 4) is 0 Å². The van der Waals surface area contributed by atoms with E-state index in [1.165, 1.54) is 25.1 Å². The van der Waals surface area contributed by atoms with Gasteiger partial charge in [0.05, 0.1) is 15.6 Å². The summed E-state index contributed by atoms with van der Waals surface area (Å²) in [6, 6.07) is 3.88. The largest absolute Gasteiger partial charge is 0.331 e. The van der Waals surface area contributed by atoms with Crippen molar-refractivity contribution in [1.82, 2.24) is 5.32 Å². The van der Waals surface area contributed by atoms with Gasteiger partial charge in [-0.15, -0.1) is 0 Å². The maximum Gasteiger partial charge on any atom is 0.271 e. The molecule has 0 fully saturated rings. The van der Waals surface area contributed by atoms with Gasteiger partial charge in [0, 0.05) is 19.1 Å². The number of amides is 1. The smallest absolute Gasteiger partial charge is 0.271 e. The molecular formula is C9H8ClN3O3S. The second kappa shape index (κ2) is 5.55. The number of hydrogen-bond donors (Lipinski definition) is 2. The summed E-state index contributed by atoms with van der Waals surface area (Å²) in [7, 11) is 0. The lowest BCUT2D eigenvalue weighted by molar-refractivity contribution is -0.384. The molecule has 0 aromatic heterocycles. The molecule has 0 saturated carbocycles. The number of hydrogen-bond acceptors (Lipinski definition) is 4. The summed E-state index contributed by atoms with van der Waals surface area (Å²) in [6.07, 6.45) is 0. The summed E-state index contributed by atoms with van der Waals surface area (Å²) in [5.74, 6) is -0.343. The lowest BCUT2D eigenvalue weighted by Gasteiger charge is -2.09. The lowest BCUT2D eigenvalue weighted by atomic mass is 10.3. The van der Waals surface area contributed by atoms with Crippen LogP contribution in [0, 0.1) is 10.1 Å². The number of thiocarbonyl (C=S) groups is 1. The Morgan fingerprint density at radius 1 is 1.53 bits per heavy atom. The Morgan fingerprint density at radius 2 is 2.18 bits per heavy atom. The number of anilines is 1. The first kappa shape index (κ1) is 13.3. The van der Waals surface area contributed by atoms with Crippen LogP contribution in [0.3, 0.4) is 0 Å². The zero-order valence-electron chi connectivity index (χ0n) is 8.69. The van der Waals surface area contributed by atoms with Gasteiger partial charge >= 0.3 is 0 Å². The van der Waals surface area contributed by atoms with Crippen molar-refractivity contribution in [2.24, 2.45) is 0 Å². The van der Waals surface area contributed by atoms with Crippen molar-refractivity contribution in [3.63, 3.8) is 0 Å². The molecular weight excluding hydrogens is 266 g/mol. The third kappa shape index (κ3) is 3.97. The van der Waals surface area contributed by atoms with E-state index in [9.17, 15) is 14.9 Å². The van der Waals surface area contributed by atoms with Gasteiger partial charge in [0.2, 0.25) is 5.91 Å². The first-order valence-corrected chi connectivity index (χ1v) is 5.21. The van der Waals surface area contributed by atoms with E-state index in [1.54, 1.807) is 0 Å². The van der Waals surface area contributed by atoms with Crippen LogP contribution in [0.5, 0.6) is 0 Å². The van der Waals surface area contributed by atoms with Crippen LogP contribution in [0.4, 0.5) is 11.4 Å². The fourth-order valence-electron chi connectivity index (χ4n) is 1.04. The van der Waals surface area contributed by atoms with Crippen molar-refractivity contribution >= 4 is 46.2 Å². The van der Waals surface area contributed by atoms with E-state index < -0.39 is 4.92 Å². The highest BCUT2D eigenvalue weighted by molar-refractivity contribution is 7.80. The Labute approximate surface area is 107 Å². The zero-order valence-corrected chi connectivity index (χ0v) is 10.3. The van der Waals surface area contributed by atoms with Gasteiger partial charge in [-0.1, -0.05) is 11.6 Å². The first-order valence-electron chi connectivity index (χ1n) is 4.42. The minimum atomic E-state index is -0.553. The number of nitro benzene ring substituents is 1. The Bertz CT molecular complexity index is 492. The number of carbonyl (C=O) groups is 1. The number of benzene rings is 1. The molecule has 0 aliphatic carbocycles. The summed E-state index contributed by atoms with van der Waals surface area (Å²) >= 11 is 10.6. The van der Waals surface area contributed by atoms with Gasteiger partial charge in [0.25, 0.3) is 5.69 Å². The number of halogens is 1. The SMILES string of the molecule is CC(=O)NC(=S)Nc1cc([N+](=O)[O-])ccc1Cl. The third-order valence-electron chi connectivity index (χ3n) is 1.70. The highest BCUT2D eigenvalue weighted by Crippen LogP contribution is 2.26. The molecule has 6 nitrogen and oxygen atoms in total. The minimum Gasteiger partial charge on any atom is -0.331 e. The summed E-state index contributed by atoms with van der Waals surface area (Å²) < 4.78 is 0. The highest BCUT2D eigenvalue weighted by atomic mass is 35.5. The van der Waals surface area contributed by atoms with E-state index in [4.69, 9.17) is 23.8 Å². The summed E-state index contributed by atoms with van der Waals surface area (Å²) in [5, 5.41) is 15.8. The molecule has 0 aliphatic rings. The number of non-ortho nitro benzene ring substituents is 1. The average molecular weight is 274 g/mol. The van der Waals surface area contributed by atoms with Gasteiger partial charge < -0.3 is 10.6 Å². The maximum absolute atomic E-state index is 10.7. The van der Waals surface area contributed by atoms with E-state index in [2.05, 4.69) is 10.6 Å². The van der Waals surface area contributed by atoms with Crippen molar-refractivity contribution < 1.29 is 9.72 Å². The van der Waals surface area contributed by atoms with Crippen LogP contribution >= 0.6 is 23.8 Å². The number of nitrogens with zero attached hydrogens (tertiary/aromatic N) is 1. The molecule has 90 valence electrons. The van der Waals surface area contributed by atoms with Gasteiger partial charge in [-0.05, 0) is 18.3 Å². The summed E-state index contributed by atoms with van der Waals surface area (Å²) in [4.78, 5) is 20.7. The van der Waals surface area contributed by atoms with Crippen LogP contribution in [0.2, 0.25) is 5.02 Å². The molecule has 0 aliphatic heterocycles. The predicted molar refractivity (Wildman–Crippen MR) is 68.1 cm³/mol. The molecule has 1 rings (SSSR count). The molecule has 0 atom stereocenters. The molecule has 8 heteroatoms. The topological polar surface area (TPSA) is 84.3 Å². The van der Waals surface area contributed by atoms with Crippen LogP contribution in [0.1, 0.15) is 6.92 Å². The van der Waals surface area contributed by atoms with Crippen LogP contribution < -0.4 is 10.6 Å². The van der Waals surface area contributed by atoms with Gasteiger partial charge in [0.15, 0.2) is 5.11 Å². The van der Waals surface area contributed by atoms with E-state index in [1.807, 2.05) is 0 Å². The van der Waals surface area contributed by atoms with Gasteiger partial charge in [0.1, 0.15) is 0 Å². The first-order chi connectivity index (χ1) is 7.90. The normalized spacial score (nSPS) is 9.53. The highest BCUT2D eigenvalue weighted by Gasteiger charge is 2.10. The number of carbonyl (C=O) groups excluding carboxylic acids is 1. The van der Waals surface area contributed by atoms with Gasteiger partial charge in [-0.25, -0.2) is 0 Å². The second-order valence-corrected chi connectivity index (χ2v) is 3.87. The monoisotopic (exact) mass is 273 g/mol. The molecule has 1 aromatic rings. The Kier molecular flexibility index (Phi) is 4.36. The van der Waals surface area contributed by atoms with Gasteiger partial charge in [-0.3, -0.25) is 14.9 Å². The molecule has 0 radical (unpaired) electrons. The van der Waals surface area contributed by atoms with E-state index in [0.717, 1.165) is 0 Å².